The second-order valence-electron chi connectivity index (χ2n) is 6.40. The molecule has 2 aromatic carbocycles. The van der Waals surface area contributed by atoms with Crippen molar-refractivity contribution in [1.29, 1.82) is 0 Å². The highest BCUT2D eigenvalue weighted by Crippen LogP contribution is 2.22. The highest BCUT2D eigenvalue weighted by atomic mass is 16.5. The first kappa shape index (κ1) is 17.2. The normalized spacial score (nSPS) is 14.8. The molecule has 1 N–H and O–H groups in total. The van der Waals surface area contributed by atoms with Gasteiger partial charge in [0.2, 0.25) is 0 Å². The molecular weight excluding hydrogens is 314 g/mol. The number of esters is 1. The topological polar surface area (TPSA) is 55.4 Å². The molecule has 0 aliphatic heterocycles. The Kier molecular flexibility index (Phi) is 5.49. The number of ketones is 1. The maximum atomic E-state index is 12.5. The molecule has 25 heavy (non-hydrogen) atoms. The second-order valence-corrected chi connectivity index (χ2v) is 6.40. The minimum Gasteiger partial charge on any atom is -0.459 e. The summed E-state index contributed by atoms with van der Waals surface area (Å²) in [6.45, 7) is 0. The van der Waals surface area contributed by atoms with Crippen LogP contribution in [0.25, 0.3) is 0 Å². The van der Waals surface area contributed by atoms with Gasteiger partial charge in [0.05, 0.1) is 5.56 Å². The summed E-state index contributed by atoms with van der Waals surface area (Å²) in [5.74, 6) is -0.362. The van der Waals surface area contributed by atoms with Crippen molar-refractivity contribution < 1.29 is 14.3 Å². The monoisotopic (exact) mass is 337 g/mol. The lowest BCUT2D eigenvalue weighted by molar-refractivity contribution is 0.0211. The SMILES string of the molecule is CNc1ccc(C(=O)c2ccc(C(=O)OC3CCCCC3)cc2)cc1. The van der Waals surface area contributed by atoms with E-state index in [0.717, 1.165) is 31.4 Å². The molecule has 1 fully saturated rings. The number of carbonyl (C=O) groups is 2. The van der Waals surface area contributed by atoms with Gasteiger partial charge in [-0.15, -0.1) is 0 Å². The summed E-state index contributed by atoms with van der Waals surface area (Å²) >= 11 is 0. The summed E-state index contributed by atoms with van der Waals surface area (Å²) < 4.78 is 5.56. The standard InChI is InChI=1S/C21H23NO3/c1-22-18-13-11-16(12-14-18)20(23)15-7-9-17(10-8-15)21(24)25-19-5-3-2-4-6-19/h7-14,19,22H,2-6H2,1H3. The van der Waals surface area contributed by atoms with E-state index in [-0.39, 0.29) is 17.9 Å². The molecular formula is C21H23NO3. The summed E-state index contributed by atoms with van der Waals surface area (Å²) in [6, 6.07) is 14.0. The molecule has 1 aliphatic carbocycles. The number of nitrogens with one attached hydrogen (secondary N) is 1. The van der Waals surface area contributed by atoms with Crippen LogP contribution in [0.4, 0.5) is 5.69 Å². The molecule has 0 aromatic heterocycles. The van der Waals surface area contributed by atoms with Crippen molar-refractivity contribution in [3.05, 3.63) is 65.2 Å². The summed E-state index contributed by atoms with van der Waals surface area (Å²) in [5.41, 5.74) is 2.63. The Morgan fingerprint density at radius 3 is 1.92 bits per heavy atom. The molecule has 130 valence electrons. The number of anilines is 1. The quantitative estimate of drug-likeness (QED) is 0.647. The van der Waals surface area contributed by atoms with Crippen LogP contribution < -0.4 is 5.32 Å². The van der Waals surface area contributed by atoms with Gasteiger partial charge in [0.1, 0.15) is 6.10 Å². The molecule has 3 rings (SSSR count). The number of carbonyl (C=O) groups excluding carboxylic acids is 2. The van der Waals surface area contributed by atoms with Crippen molar-refractivity contribution in [3.8, 4) is 0 Å². The van der Waals surface area contributed by atoms with Gasteiger partial charge >= 0.3 is 5.97 Å². The molecule has 0 radical (unpaired) electrons. The lowest BCUT2D eigenvalue weighted by atomic mass is 9.97. The predicted octanol–water partition coefficient (Wildman–Crippen LogP) is 4.45. The fraction of sp³-hybridized carbons (Fsp3) is 0.333. The largest absolute Gasteiger partial charge is 0.459 e. The van der Waals surface area contributed by atoms with Gasteiger partial charge < -0.3 is 10.1 Å². The second kappa shape index (κ2) is 7.97. The Morgan fingerprint density at radius 1 is 0.840 bits per heavy atom. The van der Waals surface area contributed by atoms with E-state index in [1.54, 1.807) is 36.4 Å². The first-order chi connectivity index (χ1) is 12.2. The van der Waals surface area contributed by atoms with E-state index in [2.05, 4.69) is 5.32 Å². The number of ether oxygens (including phenoxy) is 1. The van der Waals surface area contributed by atoms with E-state index < -0.39 is 0 Å². The lowest BCUT2D eigenvalue weighted by Gasteiger charge is -2.21. The molecule has 1 aliphatic rings. The van der Waals surface area contributed by atoms with Crippen molar-refractivity contribution in [1.82, 2.24) is 0 Å². The average Bonchev–Trinajstić information content (AvgIpc) is 2.68. The zero-order valence-corrected chi connectivity index (χ0v) is 14.5. The third-order valence-corrected chi connectivity index (χ3v) is 4.64. The highest BCUT2D eigenvalue weighted by molar-refractivity contribution is 6.09. The Hall–Kier alpha value is -2.62. The van der Waals surface area contributed by atoms with Crippen LogP contribution in [0.15, 0.2) is 48.5 Å². The van der Waals surface area contributed by atoms with Gasteiger partial charge in [-0.05, 0) is 62.1 Å². The smallest absolute Gasteiger partial charge is 0.338 e. The fourth-order valence-corrected chi connectivity index (χ4v) is 3.12. The van der Waals surface area contributed by atoms with Gasteiger partial charge in [0, 0.05) is 23.9 Å². The summed E-state index contributed by atoms with van der Waals surface area (Å²) in [7, 11) is 1.84. The molecule has 1 saturated carbocycles. The van der Waals surface area contributed by atoms with Crippen molar-refractivity contribution in [2.45, 2.75) is 38.2 Å². The maximum absolute atomic E-state index is 12.5. The molecule has 0 heterocycles. The summed E-state index contributed by atoms with van der Waals surface area (Å²) in [6.07, 6.45) is 5.40. The van der Waals surface area contributed by atoms with Gasteiger partial charge in [-0.1, -0.05) is 18.6 Å². The number of hydrogen-bond acceptors (Lipinski definition) is 4. The van der Waals surface area contributed by atoms with E-state index in [1.807, 2.05) is 19.2 Å². The summed E-state index contributed by atoms with van der Waals surface area (Å²) in [4.78, 5) is 24.7. The maximum Gasteiger partial charge on any atom is 0.338 e. The Balaban J connectivity index is 1.66. The van der Waals surface area contributed by atoms with Crippen LogP contribution >= 0.6 is 0 Å². The first-order valence-electron chi connectivity index (χ1n) is 8.81. The molecule has 0 amide bonds. The van der Waals surface area contributed by atoms with Crippen LogP contribution in [0, 0.1) is 0 Å². The van der Waals surface area contributed by atoms with E-state index in [9.17, 15) is 9.59 Å². The lowest BCUT2D eigenvalue weighted by Crippen LogP contribution is -2.20. The van der Waals surface area contributed by atoms with Crippen LogP contribution in [-0.2, 0) is 4.74 Å². The molecule has 0 saturated heterocycles. The molecule has 0 atom stereocenters. The minimum absolute atomic E-state index is 0.0354. The molecule has 4 nitrogen and oxygen atoms in total. The van der Waals surface area contributed by atoms with Gasteiger partial charge in [-0.25, -0.2) is 4.79 Å². The van der Waals surface area contributed by atoms with Crippen LogP contribution in [0.1, 0.15) is 58.4 Å². The molecule has 0 spiro atoms. The molecule has 4 heteroatoms. The van der Waals surface area contributed by atoms with Crippen molar-refractivity contribution >= 4 is 17.4 Å². The molecule has 0 bridgehead atoms. The first-order valence-corrected chi connectivity index (χ1v) is 8.81. The third kappa shape index (κ3) is 4.27. The van der Waals surface area contributed by atoms with E-state index in [1.165, 1.54) is 6.42 Å². The zero-order chi connectivity index (χ0) is 17.6. The third-order valence-electron chi connectivity index (χ3n) is 4.64. The van der Waals surface area contributed by atoms with Crippen molar-refractivity contribution in [2.24, 2.45) is 0 Å². The van der Waals surface area contributed by atoms with E-state index in [4.69, 9.17) is 4.74 Å². The van der Waals surface area contributed by atoms with Crippen LogP contribution in [0.5, 0.6) is 0 Å². The average molecular weight is 337 g/mol. The van der Waals surface area contributed by atoms with Crippen LogP contribution in [0.3, 0.4) is 0 Å². The zero-order valence-electron chi connectivity index (χ0n) is 14.5. The fourth-order valence-electron chi connectivity index (χ4n) is 3.12. The van der Waals surface area contributed by atoms with Crippen molar-refractivity contribution in [2.75, 3.05) is 12.4 Å². The van der Waals surface area contributed by atoms with Gasteiger partial charge in [-0.2, -0.15) is 0 Å². The molecule has 2 aromatic rings. The van der Waals surface area contributed by atoms with Crippen LogP contribution in [-0.4, -0.2) is 24.9 Å². The Morgan fingerprint density at radius 2 is 1.36 bits per heavy atom. The highest BCUT2D eigenvalue weighted by Gasteiger charge is 2.19. The van der Waals surface area contributed by atoms with Crippen LogP contribution in [0.2, 0.25) is 0 Å². The predicted molar refractivity (Wildman–Crippen MR) is 98.2 cm³/mol. The number of rotatable bonds is 5. The van der Waals surface area contributed by atoms with E-state index >= 15 is 0 Å². The number of hydrogen-bond donors (Lipinski definition) is 1. The van der Waals surface area contributed by atoms with Gasteiger partial charge in [-0.3, -0.25) is 4.79 Å². The van der Waals surface area contributed by atoms with Gasteiger partial charge in [0.25, 0.3) is 0 Å². The summed E-state index contributed by atoms with van der Waals surface area (Å²) in [5, 5.41) is 3.02. The Labute approximate surface area is 148 Å². The molecule has 0 unspecified atom stereocenters. The Bertz CT molecular complexity index is 729. The van der Waals surface area contributed by atoms with E-state index in [0.29, 0.717) is 16.7 Å². The van der Waals surface area contributed by atoms with Gasteiger partial charge in [0.15, 0.2) is 5.78 Å². The van der Waals surface area contributed by atoms with Crippen molar-refractivity contribution in [3.63, 3.8) is 0 Å². The number of benzene rings is 2. The minimum atomic E-state index is -0.302.